The molecule has 1 heteroatoms. The average molecular weight is 328 g/mol. The van der Waals surface area contributed by atoms with Crippen molar-refractivity contribution in [3.63, 3.8) is 0 Å². The summed E-state index contributed by atoms with van der Waals surface area (Å²) in [6.07, 6.45) is 2.22. The lowest BCUT2D eigenvalue weighted by Gasteiger charge is -2.31. The van der Waals surface area contributed by atoms with Crippen LogP contribution in [0.25, 0.3) is 5.57 Å². The lowest BCUT2D eigenvalue weighted by molar-refractivity contribution is 0.896. The minimum Gasteiger partial charge on any atom is -0.144 e. The lowest BCUT2D eigenvalue weighted by atomic mass is 9.87. The van der Waals surface area contributed by atoms with Gasteiger partial charge in [0.05, 0.1) is 4.75 Å². The maximum absolute atomic E-state index is 2.30. The van der Waals surface area contributed by atoms with Crippen molar-refractivity contribution in [3.8, 4) is 0 Å². The molecule has 3 aromatic rings. The number of hydrogen-bond donors (Lipinski definition) is 0. The van der Waals surface area contributed by atoms with Crippen molar-refractivity contribution in [2.75, 3.05) is 6.26 Å². The molecular formula is C23H20S. The van der Waals surface area contributed by atoms with E-state index < -0.39 is 0 Å². The molecule has 0 N–H and O–H groups in total. The minimum absolute atomic E-state index is 0.108. The van der Waals surface area contributed by atoms with Crippen LogP contribution in [0.15, 0.2) is 90.5 Å². The molecule has 1 unspecified atom stereocenters. The van der Waals surface area contributed by atoms with Crippen molar-refractivity contribution in [1.29, 1.82) is 0 Å². The molecule has 0 saturated heterocycles. The molecule has 1 aliphatic carbocycles. The summed E-state index contributed by atoms with van der Waals surface area (Å²) < 4.78 is -0.108. The fraction of sp³-hybridized carbons (Fsp3) is 0.130. The van der Waals surface area contributed by atoms with Crippen molar-refractivity contribution < 1.29 is 0 Å². The van der Waals surface area contributed by atoms with E-state index in [9.17, 15) is 0 Å². The van der Waals surface area contributed by atoms with E-state index in [0.717, 1.165) is 0 Å². The van der Waals surface area contributed by atoms with Gasteiger partial charge in [-0.1, -0.05) is 84.9 Å². The van der Waals surface area contributed by atoms with Gasteiger partial charge < -0.3 is 0 Å². The molecule has 0 radical (unpaired) electrons. The predicted molar refractivity (Wildman–Crippen MR) is 105 cm³/mol. The Labute approximate surface area is 148 Å². The van der Waals surface area contributed by atoms with Gasteiger partial charge in [0.15, 0.2) is 0 Å². The third kappa shape index (κ3) is 2.08. The molecule has 0 nitrogen and oxygen atoms in total. The van der Waals surface area contributed by atoms with Crippen molar-refractivity contribution in [3.05, 3.63) is 113 Å². The summed E-state index contributed by atoms with van der Waals surface area (Å²) in [6.45, 7) is 2.30. The van der Waals surface area contributed by atoms with E-state index >= 15 is 0 Å². The third-order valence-corrected chi connectivity index (χ3v) is 6.40. The SMILES string of the molecule is CSC1(c2ccccc2)C(C)=C(c2ccccc2)c2ccccc21. The van der Waals surface area contributed by atoms with Crippen LogP contribution >= 0.6 is 11.8 Å². The molecule has 4 rings (SSSR count). The van der Waals surface area contributed by atoms with E-state index in [4.69, 9.17) is 0 Å². The normalized spacial score (nSPS) is 19.4. The van der Waals surface area contributed by atoms with Crippen LogP contribution < -0.4 is 0 Å². The fourth-order valence-corrected chi connectivity index (χ4v) is 5.17. The van der Waals surface area contributed by atoms with Crippen molar-refractivity contribution in [2.24, 2.45) is 0 Å². The number of hydrogen-bond acceptors (Lipinski definition) is 1. The number of thioether (sulfide) groups is 1. The smallest absolute Gasteiger partial charge is 0.0876 e. The molecule has 0 aromatic heterocycles. The van der Waals surface area contributed by atoms with Crippen LogP contribution in [0, 0.1) is 0 Å². The second kappa shape index (κ2) is 5.99. The molecule has 0 saturated carbocycles. The molecule has 24 heavy (non-hydrogen) atoms. The highest BCUT2D eigenvalue weighted by atomic mass is 32.2. The molecule has 0 aliphatic heterocycles. The molecule has 1 aliphatic rings. The largest absolute Gasteiger partial charge is 0.144 e. The second-order valence-electron chi connectivity index (χ2n) is 6.16. The average Bonchev–Trinajstić information content (AvgIpc) is 2.92. The monoisotopic (exact) mass is 328 g/mol. The summed E-state index contributed by atoms with van der Waals surface area (Å²) in [7, 11) is 0. The van der Waals surface area contributed by atoms with Crippen molar-refractivity contribution in [1.82, 2.24) is 0 Å². The van der Waals surface area contributed by atoms with Crippen LogP contribution in [0.5, 0.6) is 0 Å². The molecule has 1 atom stereocenters. The quantitative estimate of drug-likeness (QED) is 0.557. The Balaban J connectivity index is 2.06. The van der Waals surface area contributed by atoms with Gasteiger partial charge in [0.1, 0.15) is 0 Å². The van der Waals surface area contributed by atoms with Crippen LogP contribution in [0.2, 0.25) is 0 Å². The molecule has 3 aromatic carbocycles. The Morgan fingerprint density at radius 2 is 1.29 bits per heavy atom. The van der Waals surface area contributed by atoms with E-state index in [1.54, 1.807) is 0 Å². The first kappa shape index (κ1) is 15.3. The Morgan fingerprint density at radius 3 is 1.96 bits per heavy atom. The van der Waals surface area contributed by atoms with Gasteiger partial charge in [-0.3, -0.25) is 0 Å². The van der Waals surface area contributed by atoms with Gasteiger partial charge in [0, 0.05) is 0 Å². The first-order chi connectivity index (χ1) is 11.8. The highest BCUT2D eigenvalue weighted by Gasteiger charge is 2.43. The van der Waals surface area contributed by atoms with Crippen LogP contribution in [0.1, 0.15) is 29.2 Å². The minimum atomic E-state index is -0.108. The van der Waals surface area contributed by atoms with Gasteiger partial charge in [-0.2, -0.15) is 0 Å². The summed E-state index contributed by atoms with van der Waals surface area (Å²) >= 11 is 1.92. The summed E-state index contributed by atoms with van der Waals surface area (Å²) in [5.74, 6) is 0. The molecule has 0 bridgehead atoms. The van der Waals surface area contributed by atoms with Crippen LogP contribution in [-0.4, -0.2) is 6.26 Å². The third-order valence-electron chi connectivity index (χ3n) is 5.03. The Morgan fingerprint density at radius 1 is 0.708 bits per heavy atom. The fourth-order valence-electron chi connectivity index (χ4n) is 3.99. The Kier molecular flexibility index (Phi) is 3.82. The van der Waals surface area contributed by atoms with Gasteiger partial charge in [-0.25, -0.2) is 0 Å². The zero-order valence-corrected chi connectivity index (χ0v) is 14.8. The van der Waals surface area contributed by atoms with Gasteiger partial charge in [-0.15, -0.1) is 11.8 Å². The zero-order valence-electron chi connectivity index (χ0n) is 14.0. The first-order valence-corrected chi connectivity index (χ1v) is 9.49. The molecular weight excluding hydrogens is 308 g/mol. The van der Waals surface area contributed by atoms with Crippen molar-refractivity contribution in [2.45, 2.75) is 11.7 Å². The molecule has 0 heterocycles. The van der Waals surface area contributed by atoms with E-state index in [1.807, 2.05) is 11.8 Å². The molecule has 118 valence electrons. The number of benzene rings is 3. The van der Waals surface area contributed by atoms with Crippen LogP contribution in [-0.2, 0) is 4.75 Å². The number of rotatable bonds is 3. The molecule has 0 fully saturated rings. The molecule has 0 amide bonds. The zero-order chi connectivity index (χ0) is 16.6. The highest BCUT2D eigenvalue weighted by molar-refractivity contribution is 8.00. The standard InChI is InChI=1S/C23H20S/c1-17-22(18-11-5-3-6-12-18)20-15-9-10-16-21(20)23(17,24-2)19-13-7-4-8-14-19/h3-16H,1-2H3. The van der Waals surface area contributed by atoms with E-state index in [-0.39, 0.29) is 4.75 Å². The first-order valence-electron chi connectivity index (χ1n) is 8.26. The molecule has 0 spiro atoms. The van der Waals surface area contributed by atoms with Crippen molar-refractivity contribution >= 4 is 17.3 Å². The van der Waals surface area contributed by atoms with Crippen LogP contribution in [0.4, 0.5) is 0 Å². The predicted octanol–water partition coefficient (Wildman–Crippen LogP) is 6.13. The van der Waals surface area contributed by atoms with Gasteiger partial charge in [0.2, 0.25) is 0 Å². The van der Waals surface area contributed by atoms with Gasteiger partial charge >= 0.3 is 0 Å². The summed E-state index contributed by atoms with van der Waals surface area (Å²) in [5, 5.41) is 0. The van der Waals surface area contributed by atoms with E-state index in [1.165, 1.54) is 33.4 Å². The summed E-state index contributed by atoms with van der Waals surface area (Å²) in [5.41, 5.74) is 8.22. The second-order valence-corrected chi connectivity index (χ2v) is 7.18. The van der Waals surface area contributed by atoms with Gasteiger partial charge in [0.25, 0.3) is 0 Å². The number of fused-ring (bicyclic) bond motifs is 1. The summed E-state index contributed by atoms with van der Waals surface area (Å²) in [4.78, 5) is 0. The summed E-state index contributed by atoms with van der Waals surface area (Å²) in [6, 6.07) is 30.5. The van der Waals surface area contributed by atoms with Crippen LogP contribution in [0.3, 0.4) is 0 Å². The Hall–Kier alpha value is -2.25. The van der Waals surface area contributed by atoms with E-state index in [0.29, 0.717) is 0 Å². The topological polar surface area (TPSA) is 0 Å². The lowest BCUT2D eigenvalue weighted by Crippen LogP contribution is -2.22. The highest BCUT2D eigenvalue weighted by Crippen LogP contribution is 2.57. The Bertz CT molecular complexity index is 894. The van der Waals surface area contributed by atoms with E-state index in [2.05, 4.69) is 98.1 Å². The maximum Gasteiger partial charge on any atom is 0.0876 e. The van der Waals surface area contributed by atoms with Gasteiger partial charge in [-0.05, 0) is 46.6 Å². The maximum atomic E-state index is 2.30.